The third-order valence-electron chi connectivity index (χ3n) is 4.33. The molecule has 0 atom stereocenters. The van der Waals surface area contributed by atoms with Gasteiger partial charge in [-0.1, -0.05) is 30.3 Å². The summed E-state index contributed by atoms with van der Waals surface area (Å²) >= 11 is 0. The van der Waals surface area contributed by atoms with Crippen molar-refractivity contribution in [2.45, 2.75) is 13.0 Å². The molecule has 0 saturated heterocycles. The van der Waals surface area contributed by atoms with E-state index < -0.39 is 0 Å². The SMILES string of the molecule is Nc1ncc(Cc2ccc(-c3ccc(OCc4ccccc4)cc3)o2)c(N)n1. The van der Waals surface area contributed by atoms with E-state index in [9.17, 15) is 0 Å². The second-order valence-electron chi connectivity index (χ2n) is 6.38. The Morgan fingerprint density at radius 2 is 1.68 bits per heavy atom. The van der Waals surface area contributed by atoms with Gasteiger partial charge in [-0.05, 0) is 42.0 Å². The third-order valence-corrected chi connectivity index (χ3v) is 4.33. The van der Waals surface area contributed by atoms with Crippen LogP contribution in [0.5, 0.6) is 5.75 Å². The quantitative estimate of drug-likeness (QED) is 0.529. The summed E-state index contributed by atoms with van der Waals surface area (Å²) in [4.78, 5) is 7.95. The zero-order valence-electron chi connectivity index (χ0n) is 15.2. The van der Waals surface area contributed by atoms with Crippen LogP contribution in [-0.2, 0) is 13.0 Å². The molecular weight excluding hydrogens is 352 g/mol. The van der Waals surface area contributed by atoms with Crippen molar-refractivity contribution in [1.82, 2.24) is 9.97 Å². The highest BCUT2D eigenvalue weighted by molar-refractivity contribution is 5.59. The summed E-state index contributed by atoms with van der Waals surface area (Å²) < 4.78 is 11.8. The topological polar surface area (TPSA) is 100 Å². The number of benzene rings is 2. The van der Waals surface area contributed by atoms with Crippen LogP contribution in [0.4, 0.5) is 11.8 Å². The average molecular weight is 372 g/mol. The van der Waals surface area contributed by atoms with Crippen molar-refractivity contribution in [3.8, 4) is 17.1 Å². The highest BCUT2D eigenvalue weighted by Gasteiger charge is 2.09. The molecule has 6 nitrogen and oxygen atoms in total. The van der Waals surface area contributed by atoms with Crippen LogP contribution < -0.4 is 16.2 Å². The number of ether oxygens (including phenoxy) is 1. The number of nitrogens with zero attached hydrogens (tertiary/aromatic N) is 2. The molecule has 0 aliphatic heterocycles. The van der Waals surface area contributed by atoms with Crippen molar-refractivity contribution in [3.63, 3.8) is 0 Å². The Bertz CT molecular complexity index is 1060. The Kier molecular flexibility index (Phi) is 4.93. The Hall–Kier alpha value is -3.80. The van der Waals surface area contributed by atoms with E-state index in [4.69, 9.17) is 20.6 Å². The van der Waals surface area contributed by atoms with Gasteiger partial charge in [0.1, 0.15) is 29.7 Å². The molecular formula is C22H20N4O2. The van der Waals surface area contributed by atoms with E-state index in [2.05, 4.69) is 9.97 Å². The summed E-state index contributed by atoms with van der Waals surface area (Å²) in [5, 5.41) is 0. The molecule has 0 radical (unpaired) electrons. The van der Waals surface area contributed by atoms with Crippen LogP contribution in [0, 0.1) is 0 Å². The number of hydrogen-bond acceptors (Lipinski definition) is 6. The van der Waals surface area contributed by atoms with Crippen molar-refractivity contribution < 1.29 is 9.15 Å². The van der Waals surface area contributed by atoms with Gasteiger partial charge in [-0.3, -0.25) is 0 Å². The summed E-state index contributed by atoms with van der Waals surface area (Å²) in [5.41, 5.74) is 14.3. The molecule has 0 fully saturated rings. The van der Waals surface area contributed by atoms with Gasteiger partial charge in [0.25, 0.3) is 0 Å². The molecule has 2 heterocycles. The normalized spacial score (nSPS) is 10.7. The van der Waals surface area contributed by atoms with Gasteiger partial charge in [0.05, 0.1) is 0 Å². The summed E-state index contributed by atoms with van der Waals surface area (Å²) in [6.07, 6.45) is 2.13. The second-order valence-corrected chi connectivity index (χ2v) is 6.38. The first kappa shape index (κ1) is 17.6. The van der Waals surface area contributed by atoms with Gasteiger partial charge in [0, 0.05) is 23.7 Å². The lowest BCUT2D eigenvalue weighted by atomic mass is 10.1. The fourth-order valence-electron chi connectivity index (χ4n) is 2.84. The Morgan fingerprint density at radius 1 is 0.893 bits per heavy atom. The molecule has 0 aliphatic rings. The number of aromatic nitrogens is 2. The number of anilines is 2. The maximum Gasteiger partial charge on any atom is 0.221 e. The zero-order valence-corrected chi connectivity index (χ0v) is 15.2. The van der Waals surface area contributed by atoms with Gasteiger partial charge in [0.2, 0.25) is 5.95 Å². The van der Waals surface area contributed by atoms with E-state index in [0.29, 0.717) is 18.8 Å². The molecule has 0 amide bonds. The smallest absolute Gasteiger partial charge is 0.221 e. The number of furan rings is 1. The van der Waals surface area contributed by atoms with Crippen molar-refractivity contribution in [2.24, 2.45) is 0 Å². The molecule has 0 aliphatic carbocycles. The molecule has 4 rings (SSSR count). The average Bonchev–Trinajstić information content (AvgIpc) is 3.18. The summed E-state index contributed by atoms with van der Waals surface area (Å²) in [6.45, 7) is 0.538. The minimum Gasteiger partial charge on any atom is -0.489 e. The monoisotopic (exact) mass is 372 g/mol. The molecule has 2 aromatic heterocycles. The van der Waals surface area contributed by atoms with Crippen LogP contribution in [0.25, 0.3) is 11.3 Å². The molecule has 0 unspecified atom stereocenters. The van der Waals surface area contributed by atoms with Gasteiger partial charge in [-0.25, -0.2) is 4.98 Å². The second kappa shape index (κ2) is 7.84. The van der Waals surface area contributed by atoms with E-state index in [1.807, 2.05) is 66.7 Å². The Balaban J connectivity index is 1.42. The lowest BCUT2D eigenvalue weighted by Gasteiger charge is -2.07. The maximum atomic E-state index is 5.94. The molecule has 28 heavy (non-hydrogen) atoms. The lowest BCUT2D eigenvalue weighted by molar-refractivity contribution is 0.306. The van der Waals surface area contributed by atoms with E-state index in [1.54, 1.807) is 6.20 Å². The minimum absolute atomic E-state index is 0.163. The third kappa shape index (κ3) is 4.12. The van der Waals surface area contributed by atoms with E-state index in [-0.39, 0.29) is 5.95 Å². The van der Waals surface area contributed by atoms with Crippen molar-refractivity contribution in [3.05, 3.63) is 89.8 Å². The predicted octanol–water partition coefficient (Wildman–Crippen LogP) is 4.07. The molecule has 0 spiro atoms. The van der Waals surface area contributed by atoms with E-state index in [1.165, 1.54) is 0 Å². The highest BCUT2D eigenvalue weighted by Crippen LogP contribution is 2.26. The number of hydrogen-bond donors (Lipinski definition) is 2. The zero-order chi connectivity index (χ0) is 19.3. The van der Waals surface area contributed by atoms with Crippen LogP contribution in [0.1, 0.15) is 16.9 Å². The Morgan fingerprint density at radius 3 is 2.43 bits per heavy atom. The summed E-state index contributed by atoms with van der Waals surface area (Å²) in [5.74, 6) is 2.89. The van der Waals surface area contributed by atoms with Gasteiger partial charge in [-0.2, -0.15) is 4.98 Å². The summed E-state index contributed by atoms with van der Waals surface area (Å²) in [7, 11) is 0. The first-order chi connectivity index (χ1) is 13.7. The largest absolute Gasteiger partial charge is 0.489 e. The van der Waals surface area contributed by atoms with Gasteiger partial charge in [0.15, 0.2) is 0 Å². The molecule has 2 aromatic carbocycles. The van der Waals surface area contributed by atoms with Crippen LogP contribution in [0.15, 0.2) is 77.3 Å². The lowest BCUT2D eigenvalue weighted by Crippen LogP contribution is -2.03. The molecule has 4 N–H and O–H groups in total. The fourth-order valence-corrected chi connectivity index (χ4v) is 2.84. The first-order valence-electron chi connectivity index (χ1n) is 8.90. The Labute approximate surface area is 162 Å². The van der Waals surface area contributed by atoms with Crippen LogP contribution in [0.2, 0.25) is 0 Å². The summed E-state index contributed by atoms with van der Waals surface area (Å²) in [6, 6.07) is 21.8. The molecule has 6 heteroatoms. The molecule has 140 valence electrons. The minimum atomic E-state index is 0.163. The first-order valence-corrected chi connectivity index (χ1v) is 8.90. The highest BCUT2D eigenvalue weighted by atomic mass is 16.5. The van der Waals surface area contributed by atoms with Crippen LogP contribution in [-0.4, -0.2) is 9.97 Å². The molecule has 0 saturated carbocycles. The number of rotatable bonds is 6. The molecule has 4 aromatic rings. The van der Waals surface area contributed by atoms with Gasteiger partial charge in [-0.15, -0.1) is 0 Å². The molecule has 0 bridgehead atoms. The predicted molar refractivity (Wildman–Crippen MR) is 109 cm³/mol. The van der Waals surface area contributed by atoms with Crippen LogP contribution in [0.3, 0.4) is 0 Å². The van der Waals surface area contributed by atoms with Gasteiger partial charge >= 0.3 is 0 Å². The maximum absolute atomic E-state index is 5.94. The fraction of sp³-hybridized carbons (Fsp3) is 0.0909. The number of nitrogens with two attached hydrogens (primary N) is 2. The van der Waals surface area contributed by atoms with E-state index in [0.717, 1.165) is 34.0 Å². The van der Waals surface area contributed by atoms with Gasteiger partial charge < -0.3 is 20.6 Å². The van der Waals surface area contributed by atoms with Crippen molar-refractivity contribution in [2.75, 3.05) is 11.5 Å². The standard InChI is InChI=1S/C22H20N4O2/c23-21-17(13-25-22(24)26-21)12-19-10-11-20(28-19)16-6-8-18(9-7-16)27-14-15-4-2-1-3-5-15/h1-11,13H,12,14H2,(H4,23,24,25,26). The number of nitrogen functional groups attached to an aromatic ring is 2. The van der Waals surface area contributed by atoms with Crippen molar-refractivity contribution >= 4 is 11.8 Å². The van der Waals surface area contributed by atoms with Crippen LogP contribution >= 0.6 is 0 Å². The van der Waals surface area contributed by atoms with E-state index >= 15 is 0 Å². The van der Waals surface area contributed by atoms with Crippen molar-refractivity contribution in [1.29, 1.82) is 0 Å².